The van der Waals surface area contributed by atoms with Crippen LogP contribution in [0.25, 0.3) is 0 Å². The zero-order valence-corrected chi connectivity index (χ0v) is 7.99. The number of nitrogens with zero attached hydrogens (tertiary/aromatic N) is 3. The van der Waals surface area contributed by atoms with E-state index in [1.54, 1.807) is 6.20 Å². The minimum atomic E-state index is 0.0558. The fraction of sp³-hybridized carbons (Fsp3) is 0.556. The first-order valence-corrected chi connectivity index (χ1v) is 4.30. The van der Waals surface area contributed by atoms with E-state index in [1.165, 1.54) is 0 Å². The predicted octanol–water partition coefficient (Wildman–Crippen LogP) is 0.669. The first-order valence-electron chi connectivity index (χ1n) is 4.30. The average molecular weight is 178 g/mol. The van der Waals surface area contributed by atoms with Crippen LogP contribution >= 0.6 is 0 Å². The molecular formula is C9H14N4. The normalized spacial score (nSPS) is 12.4. The first-order chi connectivity index (χ1) is 6.24. The van der Waals surface area contributed by atoms with E-state index >= 15 is 0 Å². The maximum atomic E-state index is 8.54. The van der Waals surface area contributed by atoms with Crippen LogP contribution in [0.3, 0.4) is 0 Å². The van der Waals surface area contributed by atoms with Crippen molar-refractivity contribution in [3.63, 3.8) is 0 Å². The van der Waals surface area contributed by atoms with Crippen molar-refractivity contribution in [2.75, 3.05) is 6.54 Å². The van der Waals surface area contributed by atoms with Crippen molar-refractivity contribution >= 4 is 0 Å². The van der Waals surface area contributed by atoms with Gasteiger partial charge in [0.15, 0.2) is 0 Å². The number of imidazole rings is 1. The van der Waals surface area contributed by atoms with Crippen molar-refractivity contribution in [1.29, 1.82) is 5.26 Å². The summed E-state index contributed by atoms with van der Waals surface area (Å²) >= 11 is 0. The van der Waals surface area contributed by atoms with Crippen LogP contribution in [-0.4, -0.2) is 16.1 Å². The second-order valence-corrected chi connectivity index (χ2v) is 3.12. The Morgan fingerprint density at radius 2 is 2.54 bits per heavy atom. The molecule has 0 fully saturated rings. The molecule has 0 bridgehead atoms. The predicted molar refractivity (Wildman–Crippen MR) is 49.7 cm³/mol. The van der Waals surface area contributed by atoms with E-state index in [2.05, 4.69) is 16.4 Å². The van der Waals surface area contributed by atoms with Gasteiger partial charge in [0.1, 0.15) is 5.82 Å². The average Bonchev–Trinajstić information content (AvgIpc) is 2.52. The zero-order chi connectivity index (χ0) is 9.68. The van der Waals surface area contributed by atoms with Crippen molar-refractivity contribution < 1.29 is 0 Å². The number of rotatable bonds is 4. The lowest BCUT2D eigenvalue weighted by molar-refractivity contribution is 0.577. The Hall–Kier alpha value is -1.34. The van der Waals surface area contributed by atoms with Crippen molar-refractivity contribution in [2.45, 2.75) is 13.5 Å². The molecule has 0 aliphatic heterocycles. The molecule has 0 aromatic carbocycles. The largest absolute Gasteiger partial charge is 0.337 e. The van der Waals surface area contributed by atoms with Crippen LogP contribution in [0.4, 0.5) is 0 Å². The van der Waals surface area contributed by atoms with Gasteiger partial charge in [-0.1, -0.05) is 0 Å². The molecule has 0 saturated carbocycles. The summed E-state index contributed by atoms with van der Waals surface area (Å²) in [6, 6.07) is 2.17. The third-order valence-electron chi connectivity index (χ3n) is 1.87. The summed E-state index contributed by atoms with van der Waals surface area (Å²) in [5.74, 6) is 1.05. The fourth-order valence-electron chi connectivity index (χ4n) is 1.01. The van der Waals surface area contributed by atoms with Crippen LogP contribution in [-0.2, 0) is 13.6 Å². The van der Waals surface area contributed by atoms with Gasteiger partial charge >= 0.3 is 0 Å². The Morgan fingerprint density at radius 1 is 1.77 bits per heavy atom. The maximum absolute atomic E-state index is 8.54. The lowest BCUT2D eigenvalue weighted by Gasteiger charge is -2.05. The van der Waals surface area contributed by atoms with Gasteiger partial charge in [-0.05, 0) is 6.92 Å². The molecule has 0 spiro atoms. The second kappa shape index (κ2) is 4.63. The van der Waals surface area contributed by atoms with Crippen molar-refractivity contribution in [1.82, 2.24) is 14.9 Å². The molecule has 1 heterocycles. The van der Waals surface area contributed by atoms with Gasteiger partial charge in [-0.25, -0.2) is 4.98 Å². The lowest BCUT2D eigenvalue weighted by atomic mass is 10.2. The van der Waals surface area contributed by atoms with Gasteiger partial charge < -0.3 is 9.88 Å². The van der Waals surface area contributed by atoms with E-state index < -0.39 is 0 Å². The fourth-order valence-corrected chi connectivity index (χ4v) is 1.01. The first kappa shape index (κ1) is 9.75. The van der Waals surface area contributed by atoms with Gasteiger partial charge in [0.25, 0.3) is 0 Å². The SMILES string of the molecule is CC(C#N)CNCc1nccn1C. The van der Waals surface area contributed by atoms with Crippen LogP contribution in [0, 0.1) is 17.2 Å². The molecule has 1 unspecified atom stereocenters. The summed E-state index contributed by atoms with van der Waals surface area (Å²) < 4.78 is 1.96. The molecule has 0 aliphatic rings. The van der Waals surface area contributed by atoms with Crippen LogP contribution < -0.4 is 5.32 Å². The molecule has 4 nitrogen and oxygen atoms in total. The minimum absolute atomic E-state index is 0.0558. The van der Waals surface area contributed by atoms with Crippen LogP contribution in [0.1, 0.15) is 12.7 Å². The standard InChI is InChI=1S/C9H14N4/c1-8(5-10)6-11-7-9-12-3-4-13(9)2/h3-4,8,11H,6-7H2,1-2H3. The lowest BCUT2D eigenvalue weighted by Crippen LogP contribution is -2.21. The molecule has 70 valence electrons. The van der Waals surface area contributed by atoms with Crippen molar-refractivity contribution in [2.24, 2.45) is 13.0 Å². The van der Waals surface area contributed by atoms with Crippen LogP contribution in [0.5, 0.6) is 0 Å². The molecule has 0 saturated heterocycles. The second-order valence-electron chi connectivity index (χ2n) is 3.12. The molecule has 13 heavy (non-hydrogen) atoms. The minimum Gasteiger partial charge on any atom is -0.337 e. The smallest absolute Gasteiger partial charge is 0.122 e. The Bertz CT molecular complexity index is 297. The third kappa shape index (κ3) is 2.88. The van der Waals surface area contributed by atoms with Crippen LogP contribution in [0.15, 0.2) is 12.4 Å². The van der Waals surface area contributed by atoms with Gasteiger partial charge in [-0.3, -0.25) is 0 Å². The van der Waals surface area contributed by atoms with Crippen molar-refractivity contribution in [3.05, 3.63) is 18.2 Å². The van der Waals surface area contributed by atoms with Gasteiger partial charge in [0.05, 0.1) is 18.5 Å². The highest BCUT2D eigenvalue weighted by Crippen LogP contribution is 1.94. The molecule has 1 N–H and O–H groups in total. The highest BCUT2D eigenvalue weighted by Gasteiger charge is 2.00. The van der Waals surface area contributed by atoms with Crippen molar-refractivity contribution in [3.8, 4) is 6.07 Å². The number of aromatic nitrogens is 2. The molecule has 0 radical (unpaired) electrons. The molecule has 1 aromatic rings. The van der Waals surface area contributed by atoms with Gasteiger partial charge in [0.2, 0.25) is 0 Å². The monoisotopic (exact) mass is 178 g/mol. The zero-order valence-electron chi connectivity index (χ0n) is 7.99. The van der Waals surface area contributed by atoms with E-state index in [-0.39, 0.29) is 5.92 Å². The molecule has 0 aliphatic carbocycles. The summed E-state index contributed by atoms with van der Waals surface area (Å²) in [6.07, 6.45) is 3.68. The summed E-state index contributed by atoms with van der Waals surface area (Å²) in [6.45, 7) is 3.32. The highest BCUT2D eigenvalue weighted by atomic mass is 15.1. The Morgan fingerprint density at radius 3 is 3.08 bits per heavy atom. The number of hydrogen-bond acceptors (Lipinski definition) is 3. The van der Waals surface area contributed by atoms with Crippen LogP contribution in [0.2, 0.25) is 0 Å². The molecular weight excluding hydrogens is 164 g/mol. The van der Waals surface area contributed by atoms with Gasteiger partial charge in [0, 0.05) is 26.0 Å². The summed E-state index contributed by atoms with van der Waals surface area (Å²) in [5, 5.41) is 11.7. The molecule has 0 amide bonds. The van der Waals surface area contributed by atoms with E-state index in [4.69, 9.17) is 5.26 Å². The maximum Gasteiger partial charge on any atom is 0.122 e. The van der Waals surface area contributed by atoms with E-state index in [1.807, 2.05) is 24.7 Å². The quantitative estimate of drug-likeness (QED) is 0.737. The highest BCUT2D eigenvalue weighted by molar-refractivity contribution is 4.91. The van der Waals surface area contributed by atoms with Gasteiger partial charge in [-0.2, -0.15) is 5.26 Å². The number of nitriles is 1. The Kier molecular flexibility index (Phi) is 3.47. The topological polar surface area (TPSA) is 53.6 Å². The van der Waals surface area contributed by atoms with E-state index in [0.717, 1.165) is 12.4 Å². The molecule has 1 aromatic heterocycles. The van der Waals surface area contributed by atoms with Gasteiger partial charge in [-0.15, -0.1) is 0 Å². The number of nitrogens with one attached hydrogen (secondary N) is 1. The van der Waals surface area contributed by atoms with E-state index in [9.17, 15) is 0 Å². The number of aryl methyl sites for hydroxylation is 1. The molecule has 1 rings (SSSR count). The van der Waals surface area contributed by atoms with E-state index in [0.29, 0.717) is 6.54 Å². The third-order valence-corrected chi connectivity index (χ3v) is 1.87. The Labute approximate surface area is 78.2 Å². The Balaban J connectivity index is 2.29. The molecule has 1 atom stereocenters. The molecule has 4 heteroatoms. The summed E-state index contributed by atoms with van der Waals surface area (Å²) in [4.78, 5) is 4.16. The summed E-state index contributed by atoms with van der Waals surface area (Å²) in [5.41, 5.74) is 0. The number of hydrogen-bond donors (Lipinski definition) is 1. The summed E-state index contributed by atoms with van der Waals surface area (Å²) in [7, 11) is 1.96.